The van der Waals surface area contributed by atoms with Gasteiger partial charge in [0.15, 0.2) is 5.75 Å². The van der Waals surface area contributed by atoms with Crippen molar-refractivity contribution in [2.24, 2.45) is 11.8 Å². The van der Waals surface area contributed by atoms with Crippen molar-refractivity contribution in [2.75, 3.05) is 77.3 Å². The number of aromatic nitrogens is 1. The van der Waals surface area contributed by atoms with Crippen LogP contribution < -0.4 is 89.8 Å². The molecule has 0 saturated carbocycles. The lowest BCUT2D eigenvalue weighted by molar-refractivity contribution is -0.148. The van der Waals surface area contributed by atoms with E-state index in [1.807, 2.05) is 0 Å². The van der Waals surface area contributed by atoms with Crippen molar-refractivity contribution in [2.45, 2.75) is 184 Å². The summed E-state index contributed by atoms with van der Waals surface area (Å²) in [6.07, 6.45) is -1.95. The van der Waals surface area contributed by atoms with Gasteiger partial charge in [0, 0.05) is 86.8 Å². The highest BCUT2D eigenvalue weighted by Crippen LogP contribution is 2.38. The van der Waals surface area contributed by atoms with Crippen LogP contribution in [0.3, 0.4) is 0 Å². The maximum atomic E-state index is 15.1. The van der Waals surface area contributed by atoms with Gasteiger partial charge in [-0.3, -0.25) is 86.3 Å². The Morgan fingerprint density at radius 3 is 1.62 bits per heavy atom. The number of nitrogens with one attached hydrogen (secondary N) is 17. The summed E-state index contributed by atoms with van der Waals surface area (Å²) >= 11 is 0.748. The number of rotatable bonds is 12. The summed E-state index contributed by atoms with van der Waals surface area (Å²) < 4.78 is 21.8. The number of nitrogens with zero attached hydrogens (tertiary/aromatic N) is 1. The molecule has 6 unspecified atom stereocenters. The van der Waals surface area contributed by atoms with Crippen molar-refractivity contribution in [1.29, 1.82) is 0 Å². The molecule has 121 heavy (non-hydrogen) atoms. The van der Waals surface area contributed by atoms with Crippen LogP contribution in [0.1, 0.15) is 99.5 Å². The van der Waals surface area contributed by atoms with Crippen LogP contribution in [-0.4, -0.2) is 300 Å². The fraction of sp³-hybridized carbons (Fsp3) is 0.554. The lowest BCUT2D eigenvalue weighted by atomic mass is 9.96. The zero-order chi connectivity index (χ0) is 89.6. The monoisotopic (exact) mass is 1720 g/mol. The maximum absolute atomic E-state index is 15.1. The minimum Gasteiger partial charge on any atom is -0.478 e. The molecule has 2 bridgehead atoms. The first-order valence-corrected chi connectivity index (χ1v) is 39.5. The number of aliphatic hydroxyl groups is 1. The molecule has 20 N–H and O–H groups in total. The van der Waals surface area contributed by atoms with Gasteiger partial charge in [0.05, 0.1) is 75.4 Å². The van der Waals surface area contributed by atoms with E-state index in [0.29, 0.717) is 30.7 Å². The Morgan fingerprint density at radius 1 is 0.562 bits per heavy atom. The van der Waals surface area contributed by atoms with E-state index in [9.17, 15) is 96.2 Å². The van der Waals surface area contributed by atoms with Gasteiger partial charge < -0.3 is 129 Å². The number of methoxy groups -OCH3 is 1. The van der Waals surface area contributed by atoms with Crippen LogP contribution >= 0.6 is 11.8 Å². The first-order chi connectivity index (χ1) is 57.2. The zero-order valence-corrected chi connectivity index (χ0v) is 68.4. The molecule has 662 valence electrons. The number of hydrogen-bond donors (Lipinski definition) is 20. The van der Waals surface area contributed by atoms with Gasteiger partial charge in [0.25, 0.3) is 0 Å². The molecule has 17 amide bonds. The predicted molar refractivity (Wildman–Crippen MR) is 419 cm³/mol. The van der Waals surface area contributed by atoms with Crippen molar-refractivity contribution >= 4 is 153 Å². The van der Waals surface area contributed by atoms with Crippen LogP contribution in [0.25, 0.3) is 10.9 Å². The van der Waals surface area contributed by atoms with E-state index in [1.54, 1.807) is 27.7 Å². The number of hydrogen-bond acceptors (Lipinski definition) is 27. The predicted octanol–water partition coefficient (Wildman–Crippen LogP) is -7.72. The fourth-order valence-corrected chi connectivity index (χ4v) is 13.4. The summed E-state index contributed by atoms with van der Waals surface area (Å²) in [4.78, 5) is 293. The molecule has 1 aromatic carbocycles. The number of esters is 2. The highest BCUT2D eigenvalue weighted by molar-refractivity contribution is 7.99. The molecule has 4 aliphatic heterocycles. The third-order valence-electron chi connectivity index (χ3n) is 19.3. The number of carbonyl (C=O) groups excluding carboxylic acids is 19. The van der Waals surface area contributed by atoms with E-state index < -0.39 is 297 Å². The van der Waals surface area contributed by atoms with Crippen molar-refractivity contribution in [3.8, 4) is 5.75 Å². The molecule has 47 heteroatoms. The second-order valence-electron chi connectivity index (χ2n) is 28.6. The van der Waals surface area contributed by atoms with Gasteiger partial charge >= 0.3 is 23.9 Å². The molecule has 0 aliphatic carbocycles. The molecule has 1 saturated heterocycles. The number of fused-ring (bicyclic) bond motifs is 6. The number of carboxylic acids is 2. The molecule has 46 nitrogen and oxygen atoms in total. The molecule has 0 radical (unpaired) electrons. The Labute approximate surface area is 695 Å². The molecular formula is C74H102N18O28S. The van der Waals surface area contributed by atoms with E-state index in [0.717, 1.165) is 29.8 Å². The largest absolute Gasteiger partial charge is 0.478 e. The highest BCUT2D eigenvalue weighted by Gasteiger charge is 2.45. The Hall–Kier alpha value is -12.7. The zero-order valence-electron chi connectivity index (χ0n) is 67.5. The summed E-state index contributed by atoms with van der Waals surface area (Å²) in [6.45, 7) is 6.89. The van der Waals surface area contributed by atoms with E-state index in [1.165, 1.54) is 33.8 Å². The van der Waals surface area contributed by atoms with Crippen LogP contribution in [-0.2, 0) is 121 Å². The number of ether oxygens (including phenoxy) is 4. The number of aliphatic hydroxyl groups excluding tert-OH is 1. The van der Waals surface area contributed by atoms with E-state index in [-0.39, 0.29) is 54.3 Å². The van der Waals surface area contributed by atoms with E-state index >= 15 is 9.59 Å². The number of benzene rings is 1. The smallest absolute Gasteiger partial charge is 0.333 e. The lowest BCUT2D eigenvalue weighted by Gasteiger charge is -2.32. The summed E-state index contributed by atoms with van der Waals surface area (Å²) in [5.74, 6) is -25.5. The number of thioether (sulfide) groups is 1. The summed E-state index contributed by atoms with van der Waals surface area (Å²) in [7, 11) is 0.991. The quantitative estimate of drug-likeness (QED) is 0.0533. The summed E-state index contributed by atoms with van der Waals surface area (Å²) in [5.41, 5.74) is -0.414. The van der Waals surface area contributed by atoms with Gasteiger partial charge in [-0.25, -0.2) is 14.4 Å². The maximum Gasteiger partial charge on any atom is 0.333 e. The second kappa shape index (κ2) is 46.6. The van der Waals surface area contributed by atoms with Crippen LogP contribution in [0.15, 0.2) is 41.5 Å². The second-order valence-corrected chi connectivity index (χ2v) is 29.6. The molecule has 6 rings (SSSR count). The number of carbonyl (C=O) groups is 21. The van der Waals surface area contributed by atoms with Crippen LogP contribution in [0.5, 0.6) is 5.75 Å². The molecule has 5 heterocycles. The summed E-state index contributed by atoms with van der Waals surface area (Å²) in [5, 5.41) is 68.3. The Balaban J connectivity index is 1.45. The third kappa shape index (κ3) is 29.7. The molecule has 2 aromatic rings. The molecule has 0 spiro atoms. The first-order valence-electron chi connectivity index (χ1n) is 38.5. The number of carboxylic acid groups (broad SMARTS) is 2. The van der Waals surface area contributed by atoms with Crippen LogP contribution in [0, 0.1) is 11.8 Å². The molecule has 15 atom stereocenters. The molecule has 1 aromatic heterocycles. The van der Waals surface area contributed by atoms with E-state index in [2.05, 4.69) is 90.1 Å². The van der Waals surface area contributed by atoms with Gasteiger partial charge in [0.1, 0.15) is 72.5 Å². The third-order valence-corrected chi connectivity index (χ3v) is 20.5. The van der Waals surface area contributed by atoms with Gasteiger partial charge in [-0.15, -0.1) is 11.8 Å². The normalized spacial score (nSPS) is 26.4. The van der Waals surface area contributed by atoms with Crippen LogP contribution in [0.2, 0.25) is 0 Å². The van der Waals surface area contributed by atoms with Gasteiger partial charge in [0.2, 0.25) is 100 Å². The van der Waals surface area contributed by atoms with Crippen molar-refractivity contribution < 1.29 is 135 Å². The molecule has 4 aliphatic rings. The number of aromatic amines is 1. The average molecular weight is 1720 g/mol. The number of aliphatic carboxylic acids is 2. The minimum absolute atomic E-state index is 0.0127. The van der Waals surface area contributed by atoms with Gasteiger partial charge in [-0.1, -0.05) is 40.5 Å². The van der Waals surface area contributed by atoms with Gasteiger partial charge in [-0.2, -0.15) is 0 Å². The highest BCUT2D eigenvalue weighted by atomic mass is 32.2. The summed E-state index contributed by atoms with van der Waals surface area (Å²) in [6, 6.07) is -17.7. The average Bonchev–Trinajstić information content (AvgIpc) is 1.63. The standard InChI is InChI=1S/C74H102N18O28S/c1-10-33(3)58-68(111)78-29-53(98)83-46-32-121-72-41(26-44(65(108)77-30-54(99)90-58)85-71(114)59(34(4)11-2)91-67(110)47-24-39(93)31-92(47)73(115)45(86-66(46)109)28-57(104)117-9)40-25-43-48(27-42(40)87-72)120-74(116)38(8)82-63(106)36(6)80-52(97)17-21-119-23-19-76-70(113)61(89-50(95)13-15-56(102)103)60(88-49(94)12-14-55(100)101)69(112)75-18-22-118-20-16-51(96)79-35(5)62(105)81-37(7)64(107)84-43/h12-15,25,27,33-39,44-47,58-61,87,93H,10-11,16-24,26,28-32H2,1-9H3,(H,75,112)(H,76,113)(H,77,108)(H,78,111)(H,79,96)(H,80,97)(H,81,105)(H,82,106)(H,83,98)(H,84,107)(H,85,114)(H,86,109)(H,88,94)(H,89,95)(H,90,99)(H,91,110)(H,100,101)(H,102,103)/b14-12-,15-13-/t33-,34-,35?,36?,37?,38?,39+,44-,45-,46-,47-,58-,59-,60?,61?/m0/s1. The Morgan fingerprint density at radius 2 is 1.08 bits per heavy atom. The Kier molecular flexibility index (Phi) is 37.4. The van der Waals surface area contributed by atoms with Gasteiger partial charge in [-0.05, 0) is 51.2 Å². The topological polar surface area (TPSA) is 668 Å². The van der Waals surface area contributed by atoms with Crippen molar-refractivity contribution in [3.63, 3.8) is 0 Å². The van der Waals surface area contributed by atoms with E-state index in [4.69, 9.17) is 29.2 Å². The molecule has 1 fully saturated rings. The van der Waals surface area contributed by atoms with Crippen molar-refractivity contribution in [1.82, 2.24) is 89.6 Å². The molecular weight excluding hydrogens is 1620 g/mol. The number of H-pyrrole nitrogens is 1. The lowest BCUT2D eigenvalue weighted by Crippen LogP contribution is -2.63. The first kappa shape index (κ1) is 97.2. The van der Waals surface area contributed by atoms with Crippen molar-refractivity contribution in [3.05, 3.63) is 42.0 Å². The number of anilines is 1. The number of amides is 17. The SMILES string of the molecule is CC[C@H](C)[C@@H]1NC(=O)CNC(=O)[C@@H]2Cc3c([nH]c4cc5c(cc34)NC(=O)C(C)NC(=O)C(C)NC(=O)CCOCCNC(=O)C(NC(=O)/C=C\C(=O)O)C(NC(=O)/C=C\C(=O)O)C(=O)NCCOCCC(=O)NC(C)C(=O)NC(C)C(=O)O5)SC[C@H](NC(=O)CNC1=O)C(=O)N[C@@H](CC(=O)OC)C(=O)N1C[C@H](O)C[C@H]1C(=O)N[C@@H]([C@@H](C)CC)C(=O)N2. The van der Waals surface area contributed by atoms with Crippen LogP contribution in [0.4, 0.5) is 5.69 Å². The minimum atomic E-state index is -2.08. The fourth-order valence-electron chi connectivity index (χ4n) is 12.2. The Bertz CT molecular complexity index is 4340.